The van der Waals surface area contributed by atoms with Crippen LogP contribution in [-0.4, -0.2) is 54.7 Å². The maximum atomic E-state index is 11.8. The molecule has 0 saturated carbocycles. The minimum atomic E-state index is -0.655. The van der Waals surface area contributed by atoms with E-state index in [1.54, 1.807) is 6.92 Å². The van der Waals surface area contributed by atoms with Gasteiger partial charge in [-0.05, 0) is 20.3 Å². The summed E-state index contributed by atoms with van der Waals surface area (Å²) in [6, 6.07) is -0.335. The Morgan fingerprint density at radius 2 is 2.11 bits per heavy atom. The molecule has 0 aromatic carbocycles. The van der Waals surface area contributed by atoms with Crippen LogP contribution in [0.4, 0.5) is 0 Å². The van der Waals surface area contributed by atoms with E-state index < -0.39 is 12.0 Å². The number of rotatable bonds is 5. The van der Waals surface area contributed by atoms with Gasteiger partial charge in [-0.1, -0.05) is 6.92 Å². The fourth-order valence-electron chi connectivity index (χ4n) is 2.21. The van der Waals surface area contributed by atoms with Crippen molar-refractivity contribution in [3.8, 4) is 0 Å². The summed E-state index contributed by atoms with van der Waals surface area (Å²) in [4.78, 5) is 25.0. The van der Waals surface area contributed by atoms with Crippen LogP contribution >= 0.6 is 0 Å². The minimum absolute atomic E-state index is 0.125. The first-order valence-electron chi connectivity index (χ1n) is 6.35. The summed E-state index contributed by atoms with van der Waals surface area (Å²) < 4.78 is 10.5. The summed E-state index contributed by atoms with van der Waals surface area (Å²) >= 11 is 0. The molecule has 0 spiro atoms. The molecule has 3 atom stereocenters. The van der Waals surface area contributed by atoms with Crippen molar-refractivity contribution < 1.29 is 19.1 Å². The zero-order chi connectivity index (χ0) is 13.7. The molecule has 1 aliphatic rings. The molecule has 0 aliphatic carbocycles. The first-order valence-corrected chi connectivity index (χ1v) is 6.35. The Morgan fingerprint density at radius 1 is 1.44 bits per heavy atom. The second kappa shape index (κ2) is 6.70. The number of carbonyl (C=O) groups is 2. The van der Waals surface area contributed by atoms with E-state index in [1.165, 1.54) is 0 Å². The number of hydrogen-bond acceptors (Lipinski definition) is 5. The molecule has 1 rings (SSSR count). The molecular formula is C12H22N2O4. The first-order chi connectivity index (χ1) is 8.49. The summed E-state index contributed by atoms with van der Waals surface area (Å²) in [7, 11) is 0. The normalized spacial score (nSPS) is 26.6. The predicted octanol–water partition coefficient (Wildman–Crippen LogP) is -0.0973. The van der Waals surface area contributed by atoms with Gasteiger partial charge in [0.25, 0.3) is 0 Å². The second-order valence-electron chi connectivity index (χ2n) is 4.47. The van der Waals surface area contributed by atoms with E-state index in [4.69, 9.17) is 15.2 Å². The highest BCUT2D eigenvalue weighted by atomic mass is 16.5. The lowest BCUT2D eigenvalue weighted by Gasteiger charge is -2.38. The van der Waals surface area contributed by atoms with Crippen LogP contribution in [0.5, 0.6) is 0 Å². The van der Waals surface area contributed by atoms with Crippen LogP contribution in [0.25, 0.3) is 0 Å². The molecule has 0 aromatic heterocycles. The molecule has 0 aromatic rings. The molecule has 2 N–H and O–H groups in total. The summed E-state index contributed by atoms with van der Waals surface area (Å²) in [6.07, 6.45) is -0.145. The van der Waals surface area contributed by atoms with Crippen LogP contribution in [-0.2, 0) is 19.1 Å². The Hall–Kier alpha value is -1.14. The van der Waals surface area contributed by atoms with Gasteiger partial charge in [0.05, 0.1) is 12.7 Å². The molecular weight excluding hydrogens is 236 g/mol. The van der Waals surface area contributed by atoms with Crippen molar-refractivity contribution in [1.29, 1.82) is 0 Å². The van der Waals surface area contributed by atoms with Crippen molar-refractivity contribution in [2.75, 3.05) is 19.7 Å². The third-order valence-corrected chi connectivity index (χ3v) is 2.99. The molecule has 18 heavy (non-hydrogen) atoms. The lowest BCUT2D eigenvalue weighted by atomic mass is 10.1. The van der Waals surface area contributed by atoms with Gasteiger partial charge < -0.3 is 15.2 Å². The monoisotopic (exact) mass is 258 g/mol. The van der Waals surface area contributed by atoms with Crippen molar-refractivity contribution in [2.45, 2.75) is 45.4 Å². The average molecular weight is 258 g/mol. The SMILES string of the molecule is CCOC(=O)[C@@H](CC)N1C[C@@H](C)O[C@H](C(N)=O)C1. The van der Waals surface area contributed by atoms with Crippen molar-refractivity contribution in [3.63, 3.8) is 0 Å². The Kier molecular flexibility index (Phi) is 5.55. The van der Waals surface area contributed by atoms with Gasteiger partial charge in [0.1, 0.15) is 12.1 Å². The van der Waals surface area contributed by atoms with E-state index in [0.717, 1.165) is 0 Å². The molecule has 0 bridgehead atoms. The third-order valence-electron chi connectivity index (χ3n) is 2.99. The smallest absolute Gasteiger partial charge is 0.323 e. The number of hydrogen-bond donors (Lipinski definition) is 1. The van der Waals surface area contributed by atoms with Gasteiger partial charge in [0.2, 0.25) is 5.91 Å². The fourth-order valence-corrected chi connectivity index (χ4v) is 2.21. The number of nitrogens with two attached hydrogens (primary N) is 1. The molecule has 1 heterocycles. The highest BCUT2D eigenvalue weighted by Gasteiger charge is 2.35. The zero-order valence-corrected chi connectivity index (χ0v) is 11.2. The van der Waals surface area contributed by atoms with Crippen LogP contribution < -0.4 is 5.73 Å². The van der Waals surface area contributed by atoms with E-state index in [9.17, 15) is 9.59 Å². The van der Waals surface area contributed by atoms with Crippen molar-refractivity contribution in [1.82, 2.24) is 4.90 Å². The van der Waals surface area contributed by atoms with Crippen molar-refractivity contribution in [2.24, 2.45) is 5.73 Å². The molecule has 0 unspecified atom stereocenters. The quantitative estimate of drug-likeness (QED) is 0.696. The minimum Gasteiger partial charge on any atom is -0.465 e. The van der Waals surface area contributed by atoms with Gasteiger partial charge in [-0.25, -0.2) is 0 Å². The van der Waals surface area contributed by atoms with Gasteiger partial charge in [-0.15, -0.1) is 0 Å². The van der Waals surface area contributed by atoms with Gasteiger partial charge in [-0.2, -0.15) is 0 Å². The van der Waals surface area contributed by atoms with E-state index in [2.05, 4.69) is 0 Å². The molecule has 104 valence electrons. The molecule has 0 radical (unpaired) electrons. The Balaban J connectivity index is 2.72. The number of ether oxygens (including phenoxy) is 2. The van der Waals surface area contributed by atoms with Crippen LogP contribution in [0.3, 0.4) is 0 Å². The Labute approximate surface area is 107 Å². The largest absolute Gasteiger partial charge is 0.465 e. The first kappa shape index (κ1) is 14.9. The number of morpholine rings is 1. The highest BCUT2D eigenvalue weighted by molar-refractivity contribution is 5.80. The topological polar surface area (TPSA) is 81.9 Å². The van der Waals surface area contributed by atoms with Crippen LogP contribution in [0, 0.1) is 0 Å². The molecule has 6 heteroatoms. The Bertz CT molecular complexity index is 308. The fraction of sp³-hybridized carbons (Fsp3) is 0.833. The van der Waals surface area contributed by atoms with Gasteiger partial charge >= 0.3 is 5.97 Å². The molecule has 1 fully saturated rings. The van der Waals surface area contributed by atoms with Crippen LogP contribution in [0.2, 0.25) is 0 Å². The summed E-state index contributed by atoms with van der Waals surface area (Å²) in [5.74, 6) is -0.748. The number of nitrogens with zero attached hydrogens (tertiary/aromatic N) is 1. The van der Waals surface area contributed by atoms with E-state index in [1.807, 2.05) is 18.7 Å². The molecule has 1 amide bonds. The molecule has 6 nitrogen and oxygen atoms in total. The van der Waals surface area contributed by atoms with Gasteiger partial charge in [-0.3, -0.25) is 14.5 Å². The zero-order valence-electron chi connectivity index (χ0n) is 11.2. The summed E-state index contributed by atoms with van der Waals surface area (Å²) in [6.45, 7) is 6.85. The third kappa shape index (κ3) is 3.68. The number of primary amides is 1. The van der Waals surface area contributed by atoms with Gasteiger partial charge in [0.15, 0.2) is 0 Å². The Morgan fingerprint density at radius 3 is 2.61 bits per heavy atom. The maximum Gasteiger partial charge on any atom is 0.323 e. The van der Waals surface area contributed by atoms with Crippen molar-refractivity contribution in [3.05, 3.63) is 0 Å². The van der Waals surface area contributed by atoms with Gasteiger partial charge in [0, 0.05) is 13.1 Å². The summed E-state index contributed by atoms with van der Waals surface area (Å²) in [5, 5.41) is 0. The molecule has 1 aliphatic heterocycles. The summed E-state index contributed by atoms with van der Waals surface area (Å²) in [5.41, 5.74) is 5.26. The lowest BCUT2D eigenvalue weighted by Crippen LogP contribution is -2.56. The standard InChI is InChI=1S/C12H22N2O4/c1-4-9(12(16)17-5-2)14-6-8(3)18-10(7-14)11(13)15/h8-10H,4-7H2,1-3H3,(H2,13,15)/t8-,9-,10+/m1/s1. The van der Waals surface area contributed by atoms with E-state index in [0.29, 0.717) is 26.1 Å². The number of amides is 1. The molecule has 1 saturated heterocycles. The average Bonchev–Trinajstić information content (AvgIpc) is 2.29. The van der Waals surface area contributed by atoms with E-state index in [-0.39, 0.29) is 18.1 Å². The lowest BCUT2D eigenvalue weighted by molar-refractivity contribution is -0.160. The van der Waals surface area contributed by atoms with Crippen LogP contribution in [0.1, 0.15) is 27.2 Å². The number of carbonyl (C=O) groups excluding carboxylic acids is 2. The number of esters is 1. The maximum absolute atomic E-state index is 11.8. The van der Waals surface area contributed by atoms with Crippen molar-refractivity contribution >= 4 is 11.9 Å². The van der Waals surface area contributed by atoms with E-state index >= 15 is 0 Å². The predicted molar refractivity (Wildman–Crippen MR) is 65.8 cm³/mol. The second-order valence-corrected chi connectivity index (χ2v) is 4.47. The highest BCUT2D eigenvalue weighted by Crippen LogP contribution is 2.16. The van der Waals surface area contributed by atoms with Crippen LogP contribution in [0.15, 0.2) is 0 Å².